The minimum atomic E-state index is -0.558. The molecule has 0 N–H and O–H groups in total. The number of hydrogen-bond acceptors (Lipinski definition) is 5. The molecule has 0 unspecified atom stereocenters. The first-order valence-corrected chi connectivity index (χ1v) is 9.99. The van der Waals surface area contributed by atoms with E-state index in [0.717, 1.165) is 42.8 Å². The lowest BCUT2D eigenvalue weighted by Crippen LogP contribution is -2.43. The Balaban J connectivity index is 1.50. The minimum absolute atomic E-state index is 0.0621. The fourth-order valence-electron chi connectivity index (χ4n) is 5.61. The highest BCUT2D eigenvalue weighted by molar-refractivity contribution is 6.06. The Bertz CT molecular complexity index is 819. The summed E-state index contributed by atoms with van der Waals surface area (Å²) in [6.45, 7) is 7.76. The third-order valence-corrected chi connectivity index (χ3v) is 6.36. The van der Waals surface area contributed by atoms with Gasteiger partial charge in [-0.15, -0.1) is 0 Å². The van der Waals surface area contributed by atoms with Crippen LogP contribution in [0.3, 0.4) is 0 Å². The van der Waals surface area contributed by atoms with Crippen LogP contribution in [0.1, 0.15) is 52.0 Å². The molecule has 3 aliphatic rings. The van der Waals surface area contributed by atoms with Crippen molar-refractivity contribution in [2.75, 3.05) is 20.8 Å². The van der Waals surface area contributed by atoms with Gasteiger partial charge in [-0.2, -0.15) is 0 Å². The Morgan fingerprint density at radius 3 is 2.71 bits per heavy atom. The topological polar surface area (TPSA) is 60.4 Å². The molecule has 152 valence electrons. The molecule has 1 amide bonds. The molecule has 1 aromatic rings. The zero-order valence-corrected chi connectivity index (χ0v) is 17.4. The standard InChI is InChI=1S/C22H30N2O4/c1-21(2)10-14-11-22(3,12-21)13-24(14)20(25)19-9-17(23-28-19)16-8-15(26-4)6-7-18(16)27-5/h6-8,14,19H,9-13H2,1-5H3/t14-,19-,22+/m0/s1. The zero-order valence-electron chi connectivity index (χ0n) is 17.4. The maximum absolute atomic E-state index is 13.3. The SMILES string of the molecule is COc1ccc(OC)c(C2=NO[C@H](C(=O)N3C[C@]4(C)C[C@@H]3CC(C)(C)C4)C2)c1. The molecule has 1 aliphatic carbocycles. The number of methoxy groups -OCH3 is 2. The molecule has 0 spiro atoms. The molecule has 6 heteroatoms. The zero-order chi connectivity index (χ0) is 20.1. The molecule has 2 aliphatic heterocycles. The molecular formula is C22H30N2O4. The Hall–Kier alpha value is -2.24. The summed E-state index contributed by atoms with van der Waals surface area (Å²) in [6, 6.07) is 5.87. The average Bonchev–Trinajstić information content (AvgIpc) is 3.22. The molecule has 6 nitrogen and oxygen atoms in total. The lowest BCUT2D eigenvalue weighted by molar-refractivity contribution is -0.143. The molecule has 2 bridgehead atoms. The second kappa shape index (κ2) is 6.68. The van der Waals surface area contributed by atoms with E-state index in [-0.39, 0.29) is 16.7 Å². The second-order valence-electron chi connectivity index (χ2n) is 9.58. The summed E-state index contributed by atoms with van der Waals surface area (Å²) in [5.74, 6) is 1.48. The summed E-state index contributed by atoms with van der Waals surface area (Å²) in [5.41, 5.74) is 2.02. The molecule has 0 aromatic heterocycles. The van der Waals surface area contributed by atoms with Gasteiger partial charge in [0.05, 0.1) is 19.9 Å². The van der Waals surface area contributed by atoms with E-state index >= 15 is 0 Å². The maximum Gasteiger partial charge on any atom is 0.267 e. The highest BCUT2D eigenvalue weighted by atomic mass is 16.6. The predicted octanol–water partition coefficient (Wildman–Crippen LogP) is 3.62. The van der Waals surface area contributed by atoms with E-state index in [1.807, 2.05) is 18.2 Å². The van der Waals surface area contributed by atoms with Crippen molar-refractivity contribution in [1.82, 2.24) is 4.90 Å². The van der Waals surface area contributed by atoms with E-state index < -0.39 is 6.10 Å². The number of nitrogens with zero attached hydrogens (tertiary/aromatic N) is 2. The van der Waals surface area contributed by atoms with Crippen LogP contribution in [0.25, 0.3) is 0 Å². The number of likely N-dealkylation sites (tertiary alicyclic amines) is 1. The van der Waals surface area contributed by atoms with Crippen LogP contribution in [0.15, 0.2) is 23.4 Å². The van der Waals surface area contributed by atoms with Crippen LogP contribution in [-0.4, -0.2) is 49.4 Å². The van der Waals surface area contributed by atoms with Gasteiger partial charge in [0.15, 0.2) is 0 Å². The van der Waals surface area contributed by atoms with Gasteiger partial charge in [0.25, 0.3) is 5.91 Å². The third-order valence-electron chi connectivity index (χ3n) is 6.36. The first-order chi connectivity index (χ1) is 13.2. The Morgan fingerprint density at radius 2 is 2.00 bits per heavy atom. The van der Waals surface area contributed by atoms with Crippen molar-refractivity contribution in [2.45, 2.75) is 58.6 Å². The van der Waals surface area contributed by atoms with Gasteiger partial charge in [0.2, 0.25) is 6.10 Å². The van der Waals surface area contributed by atoms with Crippen molar-refractivity contribution < 1.29 is 19.1 Å². The van der Waals surface area contributed by atoms with Crippen LogP contribution >= 0.6 is 0 Å². The molecule has 0 radical (unpaired) electrons. The molecule has 2 fully saturated rings. The smallest absolute Gasteiger partial charge is 0.267 e. The molecule has 1 saturated carbocycles. The van der Waals surface area contributed by atoms with Crippen LogP contribution in [0.5, 0.6) is 11.5 Å². The molecular weight excluding hydrogens is 356 g/mol. The minimum Gasteiger partial charge on any atom is -0.497 e. The van der Waals surface area contributed by atoms with Gasteiger partial charge in [0, 0.05) is 24.6 Å². The summed E-state index contributed by atoms with van der Waals surface area (Å²) in [4.78, 5) is 20.9. The van der Waals surface area contributed by atoms with Crippen molar-refractivity contribution in [3.05, 3.63) is 23.8 Å². The largest absolute Gasteiger partial charge is 0.497 e. The number of oxime groups is 1. The second-order valence-corrected chi connectivity index (χ2v) is 9.58. The van der Waals surface area contributed by atoms with Gasteiger partial charge in [0.1, 0.15) is 11.5 Å². The van der Waals surface area contributed by atoms with E-state index in [0.29, 0.717) is 18.2 Å². The first kappa shape index (κ1) is 19.1. The molecule has 2 heterocycles. The summed E-state index contributed by atoms with van der Waals surface area (Å²) in [5, 5.41) is 4.23. The van der Waals surface area contributed by atoms with Crippen LogP contribution in [0.2, 0.25) is 0 Å². The van der Waals surface area contributed by atoms with Crippen molar-refractivity contribution in [3.8, 4) is 11.5 Å². The summed E-state index contributed by atoms with van der Waals surface area (Å²) in [7, 11) is 3.25. The van der Waals surface area contributed by atoms with E-state index in [4.69, 9.17) is 14.3 Å². The first-order valence-electron chi connectivity index (χ1n) is 9.99. The van der Waals surface area contributed by atoms with Gasteiger partial charge in [-0.25, -0.2) is 0 Å². The van der Waals surface area contributed by atoms with Crippen molar-refractivity contribution in [1.29, 1.82) is 0 Å². The highest BCUT2D eigenvalue weighted by Gasteiger charge is 2.52. The van der Waals surface area contributed by atoms with Gasteiger partial charge in [-0.1, -0.05) is 25.9 Å². The van der Waals surface area contributed by atoms with Crippen molar-refractivity contribution in [3.63, 3.8) is 0 Å². The van der Waals surface area contributed by atoms with Gasteiger partial charge >= 0.3 is 0 Å². The number of fused-ring (bicyclic) bond motifs is 2. The molecule has 1 aromatic carbocycles. The number of amides is 1. The van der Waals surface area contributed by atoms with Crippen LogP contribution in [-0.2, 0) is 9.63 Å². The summed E-state index contributed by atoms with van der Waals surface area (Å²) in [6.07, 6.45) is 3.20. The van der Waals surface area contributed by atoms with E-state index in [1.54, 1.807) is 14.2 Å². The van der Waals surface area contributed by atoms with Gasteiger partial charge in [-0.05, 0) is 48.3 Å². The van der Waals surface area contributed by atoms with Crippen LogP contribution in [0.4, 0.5) is 0 Å². The Kier molecular flexibility index (Phi) is 4.55. The fourth-order valence-corrected chi connectivity index (χ4v) is 5.61. The van der Waals surface area contributed by atoms with E-state index in [1.165, 1.54) is 0 Å². The molecule has 3 atom stereocenters. The molecule has 28 heavy (non-hydrogen) atoms. The van der Waals surface area contributed by atoms with Crippen LogP contribution < -0.4 is 9.47 Å². The highest BCUT2D eigenvalue weighted by Crippen LogP contribution is 2.52. The van der Waals surface area contributed by atoms with Gasteiger partial charge < -0.3 is 19.2 Å². The number of carbonyl (C=O) groups is 1. The monoisotopic (exact) mass is 386 g/mol. The lowest BCUT2D eigenvalue weighted by Gasteiger charge is -2.39. The predicted molar refractivity (Wildman–Crippen MR) is 107 cm³/mol. The number of rotatable bonds is 4. The van der Waals surface area contributed by atoms with Crippen molar-refractivity contribution in [2.24, 2.45) is 16.0 Å². The lowest BCUT2D eigenvalue weighted by atomic mass is 9.65. The normalized spacial score (nSPS) is 30.6. The number of hydrogen-bond donors (Lipinski definition) is 0. The van der Waals surface area contributed by atoms with Crippen LogP contribution in [0, 0.1) is 10.8 Å². The molecule has 1 saturated heterocycles. The van der Waals surface area contributed by atoms with E-state index in [9.17, 15) is 4.79 Å². The van der Waals surface area contributed by atoms with Gasteiger partial charge in [-0.3, -0.25) is 4.79 Å². The Morgan fingerprint density at radius 1 is 1.21 bits per heavy atom. The fraction of sp³-hybridized carbons (Fsp3) is 0.636. The maximum atomic E-state index is 13.3. The third kappa shape index (κ3) is 3.33. The molecule has 4 rings (SSSR count). The quantitative estimate of drug-likeness (QED) is 0.793. The van der Waals surface area contributed by atoms with E-state index in [2.05, 4.69) is 30.8 Å². The number of ether oxygens (including phenoxy) is 2. The Labute approximate surface area is 166 Å². The summed E-state index contributed by atoms with van der Waals surface area (Å²) >= 11 is 0. The number of carbonyl (C=O) groups excluding carboxylic acids is 1. The average molecular weight is 386 g/mol. The number of benzene rings is 1. The summed E-state index contributed by atoms with van der Waals surface area (Å²) < 4.78 is 10.8. The van der Waals surface area contributed by atoms with Crippen molar-refractivity contribution >= 4 is 11.6 Å².